The van der Waals surface area contributed by atoms with Crippen LogP contribution in [0.1, 0.15) is 10.6 Å². The summed E-state index contributed by atoms with van der Waals surface area (Å²) in [5.41, 5.74) is 3.03. The normalized spacial score (nSPS) is 17.3. The van der Waals surface area contributed by atoms with Gasteiger partial charge in [0.2, 0.25) is 0 Å². The minimum absolute atomic E-state index is 1.06. The van der Waals surface area contributed by atoms with E-state index in [1.54, 1.807) is 11.3 Å². The molecular weight excluding hydrogens is 132 g/mol. The molecule has 1 aromatic heterocycles. The van der Waals surface area contributed by atoms with Crippen molar-refractivity contribution < 1.29 is 0 Å². The van der Waals surface area contributed by atoms with E-state index in [1.807, 2.05) is 12.1 Å². The van der Waals surface area contributed by atoms with Crippen LogP contribution in [-0.2, 0) is 6.42 Å². The Morgan fingerprint density at radius 1 is 1.67 bits per heavy atom. The summed E-state index contributed by atoms with van der Waals surface area (Å²) in [5, 5.41) is 3.15. The van der Waals surface area contributed by atoms with E-state index in [4.69, 9.17) is 0 Å². The fourth-order valence-corrected chi connectivity index (χ4v) is 1.68. The van der Waals surface area contributed by atoms with Crippen LogP contribution < -0.4 is 5.32 Å². The minimum atomic E-state index is 1.06. The van der Waals surface area contributed by atoms with Gasteiger partial charge >= 0.3 is 0 Å². The van der Waals surface area contributed by atoms with Gasteiger partial charge in [-0.25, -0.2) is 4.98 Å². The van der Waals surface area contributed by atoms with Gasteiger partial charge < -0.3 is 5.32 Å². The summed E-state index contributed by atoms with van der Waals surface area (Å²) >= 11 is 1.74. The number of hydrogen-bond acceptors (Lipinski definition) is 3. The molecule has 1 aromatic rings. The van der Waals surface area contributed by atoms with Gasteiger partial charge in [-0.3, -0.25) is 0 Å². The van der Waals surface area contributed by atoms with Crippen LogP contribution in [-0.4, -0.2) is 11.5 Å². The molecule has 0 unspecified atom stereocenters. The van der Waals surface area contributed by atoms with Crippen molar-refractivity contribution in [3.8, 4) is 0 Å². The van der Waals surface area contributed by atoms with Crippen LogP contribution in [0.3, 0.4) is 0 Å². The lowest BCUT2D eigenvalue weighted by molar-refractivity contribution is 0.753. The topological polar surface area (TPSA) is 24.9 Å². The van der Waals surface area contributed by atoms with Crippen molar-refractivity contribution in [1.82, 2.24) is 10.3 Å². The molecule has 1 aliphatic rings. The second kappa shape index (κ2) is 2.08. The first-order valence-corrected chi connectivity index (χ1v) is 3.84. The van der Waals surface area contributed by atoms with Crippen molar-refractivity contribution in [3.63, 3.8) is 0 Å². The fraction of sp³-hybridized carbons (Fsp3) is 0.333. The quantitative estimate of drug-likeness (QED) is 0.575. The molecule has 0 bridgehead atoms. The first kappa shape index (κ1) is 5.38. The van der Waals surface area contributed by atoms with E-state index in [1.165, 1.54) is 4.88 Å². The number of hydrogen-bond donors (Lipinski definition) is 1. The van der Waals surface area contributed by atoms with E-state index in [9.17, 15) is 0 Å². The standard InChI is InChI=1S/C6H7N2S/c1-2-7-3-5-6(1)9-4-8-5/h3-4,7H,1-2H2. The van der Waals surface area contributed by atoms with Crippen LogP contribution in [0.25, 0.3) is 0 Å². The highest BCUT2D eigenvalue weighted by molar-refractivity contribution is 7.09. The Hall–Kier alpha value is -0.410. The van der Waals surface area contributed by atoms with Crippen molar-refractivity contribution in [2.24, 2.45) is 0 Å². The summed E-state index contributed by atoms with van der Waals surface area (Å²) in [4.78, 5) is 5.57. The van der Waals surface area contributed by atoms with E-state index in [2.05, 4.69) is 10.3 Å². The van der Waals surface area contributed by atoms with Crippen LogP contribution in [0.5, 0.6) is 0 Å². The summed E-state index contributed by atoms with van der Waals surface area (Å²) in [6.45, 7) is 3.05. The van der Waals surface area contributed by atoms with E-state index < -0.39 is 0 Å². The number of nitrogens with zero attached hydrogens (tertiary/aromatic N) is 1. The zero-order chi connectivity index (χ0) is 6.10. The number of rotatable bonds is 0. The highest BCUT2D eigenvalue weighted by atomic mass is 32.1. The Bertz CT molecular complexity index is 186. The predicted molar refractivity (Wildman–Crippen MR) is 37.2 cm³/mol. The highest BCUT2D eigenvalue weighted by Gasteiger charge is 2.09. The second-order valence-corrected chi connectivity index (χ2v) is 2.95. The van der Waals surface area contributed by atoms with E-state index >= 15 is 0 Å². The summed E-state index contributed by atoms with van der Waals surface area (Å²) in [6, 6.07) is 0. The maximum Gasteiger partial charge on any atom is 0.0798 e. The summed E-state index contributed by atoms with van der Waals surface area (Å²) in [5.74, 6) is 0. The molecule has 0 fully saturated rings. The maximum atomic E-state index is 4.16. The maximum absolute atomic E-state index is 4.16. The molecule has 0 atom stereocenters. The third kappa shape index (κ3) is 0.862. The smallest absolute Gasteiger partial charge is 0.0798 e. The Kier molecular flexibility index (Phi) is 1.24. The fourth-order valence-electron chi connectivity index (χ4n) is 0.938. The van der Waals surface area contributed by atoms with Crippen molar-refractivity contribution in [2.45, 2.75) is 6.42 Å². The summed E-state index contributed by atoms with van der Waals surface area (Å²) in [7, 11) is 0. The van der Waals surface area contributed by atoms with E-state index in [0.29, 0.717) is 0 Å². The molecule has 9 heavy (non-hydrogen) atoms. The lowest BCUT2D eigenvalue weighted by atomic mass is 10.2. The van der Waals surface area contributed by atoms with Crippen LogP contribution in [0, 0.1) is 6.54 Å². The molecule has 0 saturated heterocycles. The lowest BCUT2D eigenvalue weighted by Crippen LogP contribution is -2.20. The zero-order valence-corrected chi connectivity index (χ0v) is 5.74. The molecular formula is C6H7N2S. The largest absolute Gasteiger partial charge is 0.307 e. The van der Waals surface area contributed by atoms with Gasteiger partial charge in [0.1, 0.15) is 0 Å². The summed E-state index contributed by atoms with van der Waals surface area (Å²) < 4.78 is 0. The molecule has 2 nitrogen and oxygen atoms in total. The third-order valence-electron chi connectivity index (χ3n) is 1.41. The van der Waals surface area contributed by atoms with Gasteiger partial charge in [-0.15, -0.1) is 11.3 Å². The van der Waals surface area contributed by atoms with Crippen LogP contribution in [0.4, 0.5) is 0 Å². The average molecular weight is 139 g/mol. The number of nitrogens with one attached hydrogen (secondary N) is 1. The monoisotopic (exact) mass is 139 g/mol. The van der Waals surface area contributed by atoms with Crippen molar-refractivity contribution in [3.05, 3.63) is 22.6 Å². The van der Waals surface area contributed by atoms with Gasteiger partial charge in [-0.1, -0.05) is 0 Å². The highest BCUT2D eigenvalue weighted by Crippen LogP contribution is 2.16. The minimum Gasteiger partial charge on any atom is -0.307 e. The van der Waals surface area contributed by atoms with Crippen molar-refractivity contribution in [2.75, 3.05) is 6.54 Å². The molecule has 0 aliphatic carbocycles. The predicted octanol–water partition coefficient (Wildman–Crippen LogP) is 0.799. The van der Waals surface area contributed by atoms with Gasteiger partial charge in [-0.05, 0) is 6.42 Å². The average Bonchev–Trinajstić information content (AvgIpc) is 2.33. The van der Waals surface area contributed by atoms with Gasteiger partial charge in [0.05, 0.1) is 17.7 Å². The van der Waals surface area contributed by atoms with Crippen LogP contribution in [0.15, 0.2) is 5.51 Å². The molecule has 2 heterocycles. The molecule has 1 aliphatic heterocycles. The molecule has 0 aromatic carbocycles. The molecule has 47 valence electrons. The molecule has 3 heteroatoms. The van der Waals surface area contributed by atoms with Gasteiger partial charge in [0, 0.05) is 11.4 Å². The third-order valence-corrected chi connectivity index (χ3v) is 2.32. The SMILES string of the molecule is [CH]1NCCc2scnc21. The molecule has 0 spiro atoms. The molecule has 0 amide bonds. The molecule has 0 saturated carbocycles. The van der Waals surface area contributed by atoms with Gasteiger partial charge in [-0.2, -0.15) is 0 Å². The van der Waals surface area contributed by atoms with Crippen LogP contribution >= 0.6 is 11.3 Å². The lowest BCUT2D eigenvalue weighted by Gasteiger charge is -2.08. The molecule has 2 rings (SSSR count). The van der Waals surface area contributed by atoms with Crippen molar-refractivity contribution in [1.29, 1.82) is 0 Å². The molecule has 1 radical (unpaired) electrons. The Balaban J connectivity index is 2.39. The Morgan fingerprint density at radius 2 is 2.67 bits per heavy atom. The first-order chi connectivity index (χ1) is 4.47. The number of thiazole rings is 1. The zero-order valence-electron chi connectivity index (χ0n) is 4.92. The van der Waals surface area contributed by atoms with Crippen LogP contribution in [0.2, 0.25) is 0 Å². The number of fused-ring (bicyclic) bond motifs is 1. The van der Waals surface area contributed by atoms with Gasteiger partial charge in [0.25, 0.3) is 0 Å². The second-order valence-electron chi connectivity index (χ2n) is 2.01. The Labute approximate surface area is 57.9 Å². The Morgan fingerprint density at radius 3 is 3.56 bits per heavy atom. The van der Waals surface area contributed by atoms with E-state index in [0.717, 1.165) is 18.7 Å². The number of aromatic nitrogens is 1. The summed E-state index contributed by atoms with van der Waals surface area (Å²) in [6.07, 6.45) is 1.14. The van der Waals surface area contributed by atoms with Crippen molar-refractivity contribution >= 4 is 11.3 Å². The van der Waals surface area contributed by atoms with E-state index in [-0.39, 0.29) is 0 Å². The molecule has 1 N–H and O–H groups in total. The first-order valence-electron chi connectivity index (χ1n) is 2.96. The van der Waals surface area contributed by atoms with Gasteiger partial charge in [0.15, 0.2) is 0 Å².